The Kier molecular flexibility index (Phi) is 6.41. The second-order valence-electron chi connectivity index (χ2n) is 7.09. The molecule has 30 heavy (non-hydrogen) atoms. The Morgan fingerprint density at radius 1 is 0.533 bits per heavy atom. The molecular weight excluding hydrogens is 404 g/mol. The molecule has 3 heteroatoms. The zero-order valence-electron chi connectivity index (χ0n) is 17.0. The van der Waals surface area contributed by atoms with Crippen LogP contribution < -0.4 is 0 Å². The summed E-state index contributed by atoms with van der Waals surface area (Å²) < 4.78 is 0. The van der Waals surface area contributed by atoms with E-state index in [0.717, 1.165) is 9.79 Å². The highest BCUT2D eigenvalue weighted by Crippen LogP contribution is 2.41. The van der Waals surface area contributed by atoms with Gasteiger partial charge in [-0.3, -0.25) is 4.79 Å². The standard InChI is InChI=1S/C27H22OS2/c1-19-10-6-8-14-23(19)29-25-17-16-22(27(28)21-12-4-3-5-13-21)18-26(25)30-24-15-9-7-11-20(24)2/h3-18H,1-2H3. The highest BCUT2D eigenvalue weighted by molar-refractivity contribution is 8.02. The zero-order chi connectivity index (χ0) is 20.9. The summed E-state index contributed by atoms with van der Waals surface area (Å²) in [5.74, 6) is 0.0506. The second-order valence-corrected chi connectivity index (χ2v) is 9.26. The van der Waals surface area contributed by atoms with Crippen molar-refractivity contribution >= 4 is 29.3 Å². The second kappa shape index (κ2) is 9.38. The molecule has 0 amide bonds. The molecule has 0 saturated heterocycles. The minimum Gasteiger partial charge on any atom is -0.289 e. The lowest BCUT2D eigenvalue weighted by Gasteiger charge is -2.13. The van der Waals surface area contributed by atoms with Gasteiger partial charge in [-0.15, -0.1) is 0 Å². The minimum atomic E-state index is 0.0506. The first-order valence-corrected chi connectivity index (χ1v) is 11.5. The van der Waals surface area contributed by atoms with E-state index in [1.54, 1.807) is 23.5 Å². The largest absolute Gasteiger partial charge is 0.289 e. The number of aryl methyl sites for hydroxylation is 2. The summed E-state index contributed by atoms with van der Waals surface area (Å²) in [5, 5.41) is 0. The quantitative estimate of drug-likeness (QED) is 0.292. The maximum absolute atomic E-state index is 13.0. The van der Waals surface area contributed by atoms with Crippen molar-refractivity contribution in [3.8, 4) is 0 Å². The van der Waals surface area contributed by atoms with Gasteiger partial charge in [-0.25, -0.2) is 0 Å². The molecule has 0 atom stereocenters. The molecule has 0 aliphatic heterocycles. The third-order valence-corrected chi connectivity index (χ3v) is 7.49. The van der Waals surface area contributed by atoms with Crippen molar-refractivity contribution in [3.63, 3.8) is 0 Å². The van der Waals surface area contributed by atoms with Crippen LogP contribution in [0.5, 0.6) is 0 Å². The molecule has 4 aromatic carbocycles. The lowest BCUT2D eigenvalue weighted by Crippen LogP contribution is -2.01. The summed E-state index contributed by atoms with van der Waals surface area (Å²) in [6, 6.07) is 32.3. The van der Waals surface area contributed by atoms with Gasteiger partial charge in [0.1, 0.15) is 0 Å². The predicted octanol–water partition coefficient (Wildman–Crippen LogP) is 7.84. The topological polar surface area (TPSA) is 17.1 Å². The van der Waals surface area contributed by atoms with E-state index < -0.39 is 0 Å². The first-order chi connectivity index (χ1) is 14.6. The maximum Gasteiger partial charge on any atom is 0.193 e. The normalized spacial score (nSPS) is 10.7. The molecule has 0 N–H and O–H groups in total. The molecule has 1 nitrogen and oxygen atoms in total. The zero-order valence-corrected chi connectivity index (χ0v) is 18.6. The molecule has 0 spiro atoms. The molecular formula is C27H22OS2. The fraction of sp³-hybridized carbons (Fsp3) is 0.0741. The molecule has 148 valence electrons. The Labute approximate surface area is 186 Å². The van der Waals surface area contributed by atoms with Gasteiger partial charge in [-0.05, 0) is 55.3 Å². The maximum atomic E-state index is 13.0. The van der Waals surface area contributed by atoms with Crippen molar-refractivity contribution in [2.24, 2.45) is 0 Å². The van der Waals surface area contributed by atoms with Gasteiger partial charge in [-0.1, -0.05) is 90.3 Å². The molecule has 0 bridgehead atoms. The molecule has 4 rings (SSSR count). The predicted molar refractivity (Wildman–Crippen MR) is 127 cm³/mol. The number of rotatable bonds is 6. The third-order valence-electron chi connectivity index (χ3n) is 4.87. The average Bonchev–Trinajstić information content (AvgIpc) is 2.78. The smallest absolute Gasteiger partial charge is 0.193 e. The summed E-state index contributed by atoms with van der Waals surface area (Å²) in [6.45, 7) is 4.25. The molecule has 0 aromatic heterocycles. The van der Waals surface area contributed by atoms with Crippen LogP contribution in [0.2, 0.25) is 0 Å². The van der Waals surface area contributed by atoms with Crippen LogP contribution in [0.3, 0.4) is 0 Å². The van der Waals surface area contributed by atoms with Crippen LogP contribution in [0.15, 0.2) is 117 Å². The Morgan fingerprint density at radius 3 is 1.67 bits per heavy atom. The molecule has 0 aliphatic rings. The Morgan fingerprint density at radius 2 is 1.07 bits per heavy atom. The van der Waals surface area contributed by atoms with E-state index in [4.69, 9.17) is 0 Å². The van der Waals surface area contributed by atoms with E-state index in [2.05, 4.69) is 68.4 Å². The first kappa shape index (κ1) is 20.5. The van der Waals surface area contributed by atoms with E-state index in [1.807, 2.05) is 42.5 Å². The van der Waals surface area contributed by atoms with E-state index in [9.17, 15) is 4.79 Å². The van der Waals surface area contributed by atoms with Crippen molar-refractivity contribution in [3.05, 3.63) is 119 Å². The van der Waals surface area contributed by atoms with Crippen molar-refractivity contribution in [1.29, 1.82) is 0 Å². The van der Waals surface area contributed by atoms with Crippen molar-refractivity contribution < 1.29 is 4.79 Å². The highest BCUT2D eigenvalue weighted by atomic mass is 32.2. The van der Waals surface area contributed by atoms with Crippen molar-refractivity contribution in [1.82, 2.24) is 0 Å². The van der Waals surface area contributed by atoms with Gasteiger partial charge in [0.25, 0.3) is 0 Å². The first-order valence-electron chi connectivity index (χ1n) is 9.82. The van der Waals surface area contributed by atoms with E-state index in [-0.39, 0.29) is 5.78 Å². The number of hydrogen-bond donors (Lipinski definition) is 0. The number of hydrogen-bond acceptors (Lipinski definition) is 3. The fourth-order valence-corrected chi connectivity index (χ4v) is 5.27. The van der Waals surface area contributed by atoms with Crippen LogP contribution in [-0.2, 0) is 0 Å². The molecule has 4 aromatic rings. The average molecular weight is 427 g/mol. The van der Waals surface area contributed by atoms with Gasteiger partial charge in [0.15, 0.2) is 5.78 Å². The van der Waals surface area contributed by atoms with E-state index >= 15 is 0 Å². The van der Waals surface area contributed by atoms with E-state index in [0.29, 0.717) is 11.1 Å². The number of carbonyl (C=O) groups excluding carboxylic acids is 1. The fourth-order valence-electron chi connectivity index (χ4n) is 3.15. The Hall–Kier alpha value is -2.75. The van der Waals surface area contributed by atoms with Gasteiger partial charge in [0, 0.05) is 30.7 Å². The van der Waals surface area contributed by atoms with Crippen LogP contribution in [0.1, 0.15) is 27.0 Å². The molecule has 0 fully saturated rings. The molecule has 0 unspecified atom stereocenters. The van der Waals surface area contributed by atoms with Crippen molar-refractivity contribution in [2.75, 3.05) is 0 Å². The lowest BCUT2D eigenvalue weighted by molar-refractivity contribution is 0.103. The molecule has 0 heterocycles. The van der Waals surface area contributed by atoms with Gasteiger partial charge < -0.3 is 0 Å². The van der Waals surface area contributed by atoms with Crippen LogP contribution in [0.25, 0.3) is 0 Å². The summed E-state index contributed by atoms with van der Waals surface area (Å²) >= 11 is 3.47. The molecule has 0 saturated carbocycles. The van der Waals surface area contributed by atoms with Gasteiger partial charge in [0.2, 0.25) is 0 Å². The Balaban J connectivity index is 1.74. The minimum absolute atomic E-state index is 0.0506. The highest BCUT2D eigenvalue weighted by Gasteiger charge is 2.14. The van der Waals surface area contributed by atoms with Gasteiger partial charge in [0.05, 0.1) is 0 Å². The number of benzene rings is 4. The summed E-state index contributed by atoms with van der Waals surface area (Å²) in [4.78, 5) is 17.7. The van der Waals surface area contributed by atoms with Crippen molar-refractivity contribution in [2.45, 2.75) is 33.4 Å². The number of ketones is 1. The monoisotopic (exact) mass is 426 g/mol. The van der Waals surface area contributed by atoms with Gasteiger partial charge in [-0.2, -0.15) is 0 Å². The van der Waals surface area contributed by atoms with Crippen LogP contribution >= 0.6 is 23.5 Å². The summed E-state index contributed by atoms with van der Waals surface area (Å²) in [6.07, 6.45) is 0. The Bertz CT molecular complexity index is 1180. The van der Waals surface area contributed by atoms with Crippen LogP contribution in [-0.4, -0.2) is 5.78 Å². The number of carbonyl (C=O) groups is 1. The SMILES string of the molecule is Cc1ccccc1Sc1ccc(C(=O)c2ccccc2)cc1Sc1ccccc1C. The van der Waals surface area contributed by atoms with Crippen LogP contribution in [0, 0.1) is 13.8 Å². The summed E-state index contributed by atoms with van der Waals surface area (Å²) in [5.41, 5.74) is 3.91. The molecule has 0 aliphatic carbocycles. The molecule has 0 radical (unpaired) electrons. The van der Waals surface area contributed by atoms with Crippen LogP contribution in [0.4, 0.5) is 0 Å². The van der Waals surface area contributed by atoms with Gasteiger partial charge >= 0.3 is 0 Å². The lowest BCUT2D eigenvalue weighted by atomic mass is 10.0. The van der Waals surface area contributed by atoms with E-state index in [1.165, 1.54) is 20.9 Å². The third kappa shape index (κ3) is 4.69. The summed E-state index contributed by atoms with van der Waals surface area (Å²) in [7, 11) is 0.